The van der Waals surface area contributed by atoms with Crippen molar-refractivity contribution in [2.75, 3.05) is 18.6 Å². The molecule has 0 fully saturated rings. The zero-order valence-corrected chi connectivity index (χ0v) is 9.54. The number of hydrogen-bond acceptors (Lipinski definition) is 3. The van der Waals surface area contributed by atoms with Crippen LogP contribution in [-0.2, 0) is 4.79 Å². The van der Waals surface area contributed by atoms with E-state index in [-0.39, 0.29) is 5.91 Å². The van der Waals surface area contributed by atoms with Crippen molar-refractivity contribution in [1.29, 1.82) is 0 Å². The van der Waals surface area contributed by atoms with Gasteiger partial charge in [-0.15, -0.1) is 0 Å². The normalized spacial score (nSPS) is 11.4. The van der Waals surface area contributed by atoms with Gasteiger partial charge in [0.15, 0.2) is 0 Å². The van der Waals surface area contributed by atoms with Crippen molar-refractivity contribution >= 4 is 17.7 Å². The van der Waals surface area contributed by atoms with Crippen LogP contribution >= 0.6 is 11.8 Å². The van der Waals surface area contributed by atoms with Crippen LogP contribution in [0.2, 0.25) is 0 Å². The van der Waals surface area contributed by atoms with E-state index >= 15 is 0 Å². The number of hydrogen-bond donors (Lipinski definition) is 2. The first kappa shape index (κ1) is 12.8. The van der Waals surface area contributed by atoms with E-state index in [0.717, 1.165) is 18.7 Å². The van der Waals surface area contributed by atoms with Gasteiger partial charge in [0.25, 0.3) is 0 Å². The minimum atomic E-state index is -0.399. The second kappa shape index (κ2) is 6.27. The fourth-order valence-electron chi connectivity index (χ4n) is 0.921. The number of rotatable bonds is 6. The third kappa shape index (κ3) is 9.70. The van der Waals surface area contributed by atoms with E-state index in [4.69, 9.17) is 5.73 Å². The van der Waals surface area contributed by atoms with Crippen molar-refractivity contribution in [2.45, 2.75) is 32.2 Å². The minimum Gasteiger partial charge on any atom is -0.356 e. The third-order valence-corrected chi connectivity index (χ3v) is 2.16. The minimum absolute atomic E-state index is 0.0496. The maximum atomic E-state index is 11.2. The average molecular weight is 204 g/mol. The fraction of sp³-hybridized carbons (Fsp3) is 0.889. The molecule has 4 heteroatoms. The molecule has 0 unspecified atom stereocenters. The summed E-state index contributed by atoms with van der Waals surface area (Å²) in [4.78, 5) is 11.2. The van der Waals surface area contributed by atoms with E-state index in [9.17, 15) is 4.79 Å². The first-order chi connectivity index (χ1) is 5.95. The second-order valence-corrected chi connectivity index (χ2v) is 4.85. The topological polar surface area (TPSA) is 55.1 Å². The molecule has 0 saturated heterocycles. The molecule has 0 aliphatic carbocycles. The SMILES string of the molecule is CSCCCNC(=O)CC(C)(C)N. The van der Waals surface area contributed by atoms with Crippen molar-refractivity contribution in [2.24, 2.45) is 5.73 Å². The maximum Gasteiger partial charge on any atom is 0.221 e. The predicted molar refractivity (Wildman–Crippen MR) is 58.9 cm³/mol. The van der Waals surface area contributed by atoms with Gasteiger partial charge >= 0.3 is 0 Å². The molecule has 0 atom stereocenters. The Bertz CT molecular complexity index is 154. The van der Waals surface area contributed by atoms with Gasteiger partial charge in [-0.1, -0.05) is 0 Å². The van der Waals surface area contributed by atoms with E-state index in [2.05, 4.69) is 11.6 Å². The molecular weight excluding hydrogens is 184 g/mol. The second-order valence-electron chi connectivity index (χ2n) is 3.86. The summed E-state index contributed by atoms with van der Waals surface area (Å²) >= 11 is 1.79. The Kier molecular flexibility index (Phi) is 6.16. The van der Waals surface area contributed by atoms with E-state index in [1.807, 2.05) is 13.8 Å². The van der Waals surface area contributed by atoms with Gasteiger partial charge < -0.3 is 11.1 Å². The Morgan fingerprint density at radius 2 is 2.15 bits per heavy atom. The molecule has 0 spiro atoms. The summed E-state index contributed by atoms with van der Waals surface area (Å²) in [7, 11) is 0. The number of thioether (sulfide) groups is 1. The molecule has 13 heavy (non-hydrogen) atoms. The van der Waals surface area contributed by atoms with E-state index in [1.54, 1.807) is 11.8 Å². The lowest BCUT2D eigenvalue weighted by atomic mass is 10.0. The molecule has 0 radical (unpaired) electrons. The Labute approximate surface area is 84.8 Å². The molecule has 0 rings (SSSR count). The smallest absolute Gasteiger partial charge is 0.221 e. The third-order valence-electron chi connectivity index (χ3n) is 1.46. The highest BCUT2D eigenvalue weighted by molar-refractivity contribution is 7.98. The van der Waals surface area contributed by atoms with Gasteiger partial charge in [0.05, 0.1) is 0 Å². The van der Waals surface area contributed by atoms with Crippen molar-refractivity contribution in [3.05, 3.63) is 0 Å². The van der Waals surface area contributed by atoms with Crippen LogP contribution in [0.15, 0.2) is 0 Å². The Balaban J connectivity index is 3.41. The van der Waals surface area contributed by atoms with Gasteiger partial charge in [0, 0.05) is 18.5 Å². The molecule has 0 aromatic heterocycles. The number of carbonyl (C=O) groups is 1. The Morgan fingerprint density at radius 3 is 2.62 bits per heavy atom. The molecule has 0 aliphatic rings. The summed E-state index contributed by atoms with van der Waals surface area (Å²) < 4.78 is 0. The van der Waals surface area contributed by atoms with Crippen molar-refractivity contribution in [3.8, 4) is 0 Å². The summed E-state index contributed by atoms with van der Waals surface area (Å²) in [6.45, 7) is 4.47. The average Bonchev–Trinajstić information content (AvgIpc) is 1.94. The van der Waals surface area contributed by atoms with Crippen molar-refractivity contribution < 1.29 is 4.79 Å². The molecule has 78 valence electrons. The summed E-state index contributed by atoms with van der Waals surface area (Å²) in [6, 6.07) is 0. The first-order valence-electron chi connectivity index (χ1n) is 4.50. The van der Waals surface area contributed by atoms with Gasteiger partial charge in [0.1, 0.15) is 0 Å². The van der Waals surface area contributed by atoms with Crippen LogP contribution in [0.4, 0.5) is 0 Å². The molecule has 3 N–H and O–H groups in total. The quantitative estimate of drug-likeness (QED) is 0.634. The summed E-state index contributed by atoms with van der Waals surface area (Å²) in [6.07, 6.45) is 3.48. The molecule has 1 amide bonds. The van der Waals surface area contributed by atoms with E-state index in [0.29, 0.717) is 6.42 Å². The van der Waals surface area contributed by atoms with E-state index < -0.39 is 5.54 Å². The zero-order valence-electron chi connectivity index (χ0n) is 8.72. The maximum absolute atomic E-state index is 11.2. The van der Waals surface area contributed by atoms with Crippen LogP contribution in [0.3, 0.4) is 0 Å². The molecule has 0 bridgehead atoms. The number of nitrogens with one attached hydrogen (secondary N) is 1. The van der Waals surface area contributed by atoms with Gasteiger partial charge in [0.2, 0.25) is 5.91 Å². The monoisotopic (exact) mass is 204 g/mol. The highest BCUT2D eigenvalue weighted by Crippen LogP contribution is 2.02. The summed E-state index contributed by atoms with van der Waals surface area (Å²) in [5.41, 5.74) is 5.30. The molecule has 0 aromatic carbocycles. The fourth-order valence-corrected chi connectivity index (χ4v) is 1.35. The van der Waals surface area contributed by atoms with Crippen LogP contribution in [0.5, 0.6) is 0 Å². The van der Waals surface area contributed by atoms with Gasteiger partial charge in [-0.2, -0.15) is 11.8 Å². The lowest BCUT2D eigenvalue weighted by molar-refractivity contribution is -0.121. The first-order valence-corrected chi connectivity index (χ1v) is 5.89. The lowest BCUT2D eigenvalue weighted by Crippen LogP contribution is -2.39. The molecule has 0 aliphatic heterocycles. The Hall–Kier alpha value is -0.220. The van der Waals surface area contributed by atoms with Crippen LogP contribution in [0.25, 0.3) is 0 Å². The Morgan fingerprint density at radius 1 is 1.54 bits per heavy atom. The van der Waals surface area contributed by atoms with Crippen molar-refractivity contribution in [1.82, 2.24) is 5.32 Å². The number of nitrogens with two attached hydrogens (primary N) is 1. The van der Waals surface area contributed by atoms with E-state index in [1.165, 1.54) is 0 Å². The van der Waals surface area contributed by atoms with Gasteiger partial charge in [-0.05, 0) is 32.3 Å². The summed E-state index contributed by atoms with van der Waals surface area (Å²) in [5.74, 6) is 1.14. The van der Waals surface area contributed by atoms with Crippen LogP contribution in [0.1, 0.15) is 26.7 Å². The van der Waals surface area contributed by atoms with Crippen LogP contribution < -0.4 is 11.1 Å². The predicted octanol–water partition coefficient (Wildman–Crippen LogP) is 0.983. The van der Waals surface area contributed by atoms with Gasteiger partial charge in [-0.25, -0.2) is 0 Å². The summed E-state index contributed by atoms with van der Waals surface area (Å²) in [5, 5.41) is 2.84. The lowest BCUT2D eigenvalue weighted by Gasteiger charge is -2.17. The van der Waals surface area contributed by atoms with Crippen molar-refractivity contribution in [3.63, 3.8) is 0 Å². The standard InChI is InChI=1S/C9H20N2OS/c1-9(2,10)7-8(12)11-5-4-6-13-3/h4-7,10H2,1-3H3,(H,11,12). The molecule has 0 saturated carbocycles. The molecule has 3 nitrogen and oxygen atoms in total. The zero-order chi connectivity index (χ0) is 10.3. The molecule has 0 heterocycles. The molecular formula is C9H20N2OS. The molecule has 0 aromatic rings. The highest BCUT2D eigenvalue weighted by atomic mass is 32.2. The largest absolute Gasteiger partial charge is 0.356 e. The number of amides is 1. The number of carbonyl (C=O) groups excluding carboxylic acids is 1. The van der Waals surface area contributed by atoms with Gasteiger partial charge in [-0.3, -0.25) is 4.79 Å². The van der Waals surface area contributed by atoms with Crippen LogP contribution in [-0.4, -0.2) is 30.0 Å². The van der Waals surface area contributed by atoms with Crippen LogP contribution in [0, 0.1) is 0 Å². The highest BCUT2D eigenvalue weighted by Gasteiger charge is 2.15.